The van der Waals surface area contributed by atoms with Gasteiger partial charge < -0.3 is 15.5 Å². The van der Waals surface area contributed by atoms with Gasteiger partial charge in [-0.1, -0.05) is 11.8 Å². The number of amides is 1. The summed E-state index contributed by atoms with van der Waals surface area (Å²) in [5, 5.41) is 4.33. The normalized spacial score (nSPS) is 27.1. The second kappa shape index (κ2) is 5.54. The van der Waals surface area contributed by atoms with E-state index in [1.165, 1.54) is 0 Å². The molecule has 19 heavy (non-hydrogen) atoms. The maximum atomic E-state index is 11.8. The molecule has 1 aromatic heterocycles. The van der Waals surface area contributed by atoms with Crippen LogP contribution in [0.15, 0.2) is 15.9 Å². The van der Waals surface area contributed by atoms with Crippen LogP contribution in [-0.4, -0.2) is 27.7 Å². The molecule has 2 unspecified atom stereocenters. The van der Waals surface area contributed by atoms with Gasteiger partial charge in [-0.05, 0) is 40.0 Å². The summed E-state index contributed by atoms with van der Waals surface area (Å²) in [6.45, 7) is 5.96. The van der Waals surface area contributed by atoms with Crippen LogP contribution in [0, 0.1) is 6.92 Å². The highest BCUT2D eigenvalue weighted by molar-refractivity contribution is 7.99. The molecule has 1 heterocycles. The number of aryl methyl sites for hydroxylation is 1. The van der Waals surface area contributed by atoms with Crippen LogP contribution in [0.25, 0.3) is 0 Å². The summed E-state index contributed by atoms with van der Waals surface area (Å²) in [4.78, 5) is 16.1. The van der Waals surface area contributed by atoms with E-state index in [0.717, 1.165) is 25.0 Å². The summed E-state index contributed by atoms with van der Waals surface area (Å²) in [5.74, 6) is -0.257. The van der Waals surface area contributed by atoms with E-state index in [4.69, 9.17) is 10.2 Å². The number of oxazole rings is 1. The molecule has 0 saturated heterocycles. The number of nitrogens with zero attached hydrogens (tertiary/aromatic N) is 1. The van der Waals surface area contributed by atoms with Crippen molar-refractivity contribution in [1.82, 2.24) is 10.3 Å². The van der Waals surface area contributed by atoms with E-state index < -0.39 is 5.54 Å². The first kappa shape index (κ1) is 14.4. The van der Waals surface area contributed by atoms with E-state index in [9.17, 15) is 4.79 Å². The van der Waals surface area contributed by atoms with Crippen molar-refractivity contribution >= 4 is 17.7 Å². The highest BCUT2D eigenvalue weighted by Gasteiger charge is 2.44. The molecule has 1 saturated carbocycles. The maximum absolute atomic E-state index is 11.8. The Morgan fingerprint density at radius 1 is 1.68 bits per heavy atom. The minimum Gasteiger partial charge on any atom is -0.440 e. The average Bonchev–Trinajstić information content (AvgIpc) is 2.87. The highest BCUT2D eigenvalue weighted by atomic mass is 32.2. The second-order valence-corrected chi connectivity index (χ2v) is 6.73. The van der Waals surface area contributed by atoms with E-state index in [-0.39, 0.29) is 11.9 Å². The number of nitrogens with one attached hydrogen (secondary N) is 1. The van der Waals surface area contributed by atoms with Crippen molar-refractivity contribution in [1.29, 1.82) is 0 Å². The minimum absolute atomic E-state index is 0.236. The smallest absolute Gasteiger partial charge is 0.256 e. The molecule has 1 amide bonds. The van der Waals surface area contributed by atoms with Gasteiger partial charge in [0.1, 0.15) is 6.26 Å². The Kier molecular flexibility index (Phi) is 4.20. The average molecular weight is 283 g/mol. The zero-order chi connectivity index (χ0) is 14.0. The monoisotopic (exact) mass is 283 g/mol. The molecular weight excluding hydrogens is 262 g/mol. The Bertz CT molecular complexity index is 460. The van der Waals surface area contributed by atoms with Gasteiger partial charge in [-0.15, -0.1) is 0 Å². The third kappa shape index (κ3) is 3.30. The number of rotatable bonds is 5. The van der Waals surface area contributed by atoms with Gasteiger partial charge >= 0.3 is 0 Å². The zero-order valence-corrected chi connectivity index (χ0v) is 12.4. The van der Waals surface area contributed by atoms with Crippen LogP contribution in [0.5, 0.6) is 0 Å². The van der Waals surface area contributed by atoms with Crippen LogP contribution < -0.4 is 11.1 Å². The maximum Gasteiger partial charge on any atom is 0.256 e. The quantitative estimate of drug-likeness (QED) is 0.862. The van der Waals surface area contributed by atoms with E-state index in [0.29, 0.717) is 10.5 Å². The molecule has 1 aromatic rings. The molecular formula is C13H21N3O2S. The Morgan fingerprint density at radius 2 is 2.42 bits per heavy atom. The van der Waals surface area contributed by atoms with Crippen LogP contribution in [0.3, 0.4) is 0 Å². The highest BCUT2D eigenvalue weighted by Crippen LogP contribution is 2.40. The third-order valence-corrected chi connectivity index (χ3v) is 4.50. The molecule has 1 aliphatic rings. The van der Waals surface area contributed by atoms with E-state index in [1.807, 2.05) is 20.8 Å². The number of aromatic nitrogens is 1. The predicted molar refractivity (Wildman–Crippen MR) is 74.9 cm³/mol. The Balaban J connectivity index is 2.02. The largest absolute Gasteiger partial charge is 0.440 e. The number of primary amides is 1. The fraction of sp³-hybridized carbons (Fsp3) is 0.692. The van der Waals surface area contributed by atoms with E-state index in [2.05, 4.69) is 10.3 Å². The van der Waals surface area contributed by atoms with Crippen molar-refractivity contribution < 1.29 is 9.21 Å². The molecule has 106 valence electrons. The van der Waals surface area contributed by atoms with Crippen LogP contribution in [0.1, 0.15) is 38.8 Å². The number of carbonyl (C=O) groups excluding carboxylic acids is 1. The summed E-state index contributed by atoms with van der Waals surface area (Å²) in [5.41, 5.74) is 5.89. The molecule has 0 spiro atoms. The fourth-order valence-corrected chi connectivity index (χ4v) is 3.80. The number of thioether (sulfide) groups is 1. The first-order valence-electron chi connectivity index (χ1n) is 6.58. The minimum atomic E-state index is -0.576. The van der Waals surface area contributed by atoms with Crippen molar-refractivity contribution in [2.75, 3.05) is 0 Å². The number of carbonyl (C=O) groups is 1. The molecule has 5 nitrogen and oxygen atoms in total. The lowest BCUT2D eigenvalue weighted by Gasteiger charge is -2.29. The lowest BCUT2D eigenvalue weighted by Crippen LogP contribution is -2.56. The molecule has 6 heteroatoms. The molecule has 0 aromatic carbocycles. The fourth-order valence-electron chi connectivity index (χ4n) is 2.61. The summed E-state index contributed by atoms with van der Waals surface area (Å²) in [7, 11) is 0. The predicted octanol–water partition coefficient (Wildman–Crippen LogP) is 1.85. The van der Waals surface area contributed by atoms with Crippen LogP contribution in [0.4, 0.5) is 0 Å². The van der Waals surface area contributed by atoms with Gasteiger partial charge in [-0.25, -0.2) is 4.98 Å². The van der Waals surface area contributed by atoms with Crippen LogP contribution in [-0.2, 0) is 4.79 Å². The summed E-state index contributed by atoms with van der Waals surface area (Å²) in [6, 6.07) is 0.236. The molecule has 2 rings (SSSR count). The van der Waals surface area contributed by atoms with E-state index in [1.54, 1.807) is 18.0 Å². The van der Waals surface area contributed by atoms with Crippen LogP contribution in [0.2, 0.25) is 0 Å². The van der Waals surface area contributed by atoms with Crippen LogP contribution >= 0.6 is 11.8 Å². The van der Waals surface area contributed by atoms with Gasteiger partial charge in [-0.3, -0.25) is 4.79 Å². The SMILES string of the molecule is Cc1coc(SC2CCC(NC(C)C)(C(N)=O)C2)n1. The molecule has 1 aliphatic carbocycles. The van der Waals surface area contributed by atoms with Gasteiger partial charge in [0.2, 0.25) is 5.91 Å². The number of nitrogens with two attached hydrogens (primary N) is 1. The molecule has 1 fully saturated rings. The van der Waals surface area contributed by atoms with Gasteiger partial charge in [0.05, 0.1) is 11.2 Å². The molecule has 0 bridgehead atoms. The van der Waals surface area contributed by atoms with E-state index >= 15 is 0 Å². The van der Waals surface area contributed by atoms with Crippen molar-refractivity contribution in [3.05, 3.63) is 12.0 Å². The molecule has 0 radical (unpaired) electrons. The Hall–Kier alpha value is -1.01. The lowest BCUT2D eigenvalue weighted by atomic mass is 9.96. The van der Waals surface area contributed by atoms with Crippen molar-refractivity contribution in [3.8, 4) is 0 Å². The van der Waals surface area contributed by atoms with Crippen molar-refractivity contribution in [2.24, 2.45) is 5.73 Å². The molecule has 2 atom stereocenters. The van der Waals surface area contributed by atoms with Crippen molar-refractivity contribution in [3.63, 3.8) is 0 Å². The molecule has 3 N–H and O–H groups in total. The summed E-state index contributed by atoms with van der Waals surface area (Å²) < 4.78 is 5.35. The Morgan fingerprint density at radius 3 is 2.95 bits per heavy atom. The Labute approximate surface area is 117 Å². The number of hydrogen-bond acceptors (Lipinski definition) is 5. The van der Waals surface area contributed by atoms with Gasteiger partial charge in [0.25, 0.3) is 5.22 Å². The topological polar surface area (TPSA) is 81.1 Å². The summed E-state index contributed by atoms with van der Waals surface area (Å²) >= 11 is 1.59. The number of hydrogen-bond donors (Lipinski definition) is 2. The standard InChI is InChI=1S/C13H21N3O2S/c1-8(2)16-13(11(14)17)5-4-10(6-13)19-12-15-9(3)7-18-12/h7-8,10,16H,4-6H2,1-3H3,(H2,14,17). The van der Waals surface area contributed by atoms with Gasteiger partial charge in [-0.2, -0.15) is 0 Å². The van der Waals surface area contributed by atoms with Gasteiger partial charge in [0.15, 0.2) is 0 Å². The van der Waals surface area contributed by atoms with Crippen molar-refractivity contribution in [2.45, 2.75) is 62.1 Å². The third-order valence-electron chi connectivity index (χ3n) is 3.37. The zero-order valence-electron chi connectivity index (χ0n) is 11.6. The first-order valence-corrected chi connectivity index (χ1v) is 7.45. The second-order valence-electron chi connectivity index (χ2n) is 5.48. The lowest BCUT2D eigenvalue weighted by molar-refractivity contribution is -0.124. The summed E-state index contributed by atoms with van der Waals surface area (Å²) in [6.07, 6.45) is 4.09. The molecule has 0 aliphatic heterocycles. The first-order chi connectivity index (χ1) is 8.91. The van der Waals surface area contributed by atoms with Gasteiger partial charge in [0, 0.05) is 11.3 Å².